The molecule has 194 valence electrons. The molecule has 5 heterocycles. The van der Waals surface area contributed by atoms with E-state index in [9.17, 15) is 18.8 Å². The number of nitrogens with one attached hydrogen (secondary N) is 1. The Morgan fingerprint density at radius 3 is 2.76 bits per heavy atom. The number of rotatable bonds is 6. The van der Waals surface area contributed by atoms with Crippen molar-refractivity contribution in [3.63, 3.8) is 0 Å². The number of halogens is 2. The zero-order valence-electron chi connectivity index (χ0n) is 20.5. The Morgan fingerprint density at radius 1 is 1.18 bits per heavy atom. The molecule has 1 saturated carbocycles. The molecule has 12 heteroatoms. The first-order chi connectivity index (χ1) is 18.5. The molecule has 2 aliphatic rings. The maximum absolute atomic E-state index is 13.0. The van der Waals surface area contributed by atoms with Crippen LogP contribution in [-0.4, -0.2) is 77.6 Å². The maximum atomic E-state index is 13.0. The highest BCUT2D eigenvalue weighted by molar-refractivity contribution is 5.92. The first-order valence-electron chi connectivity index (χ1n) is 12.5. The number of nitriles is 1. The minimum atomic E-state index is -2.71. The molecule has 0 spiro atoms. The van der Waals surface area contributed by atoms with Gasteiger partial charge in [0.25, 0.3) is 12.3 Å². The lowest BCUT2D eigenvalue weighted by Gasteiger charge is -2.52. The third kappa shape index (κ3) is 4.18. The monoisotopic (exact) mass is 517 g/mol. The van der Waals surface area contributed by atoms with Gasteiger partial charge in [0, 0.05) is 55.6 Å². The van der Waals surface area contributed by atoms with Gasteiger partial charge in [-0.3, -0.25) is 14.4 Å². The summed E-state index contributed by atoms with van der Waals surface area (Å²) < 4.78 is 27.9. The second-order valence-electron chi connectivity index (χ2n) is 9.83. The van der Waals surface area contributed by atoms with Crippen molar-refractivity contribution in [2.75, 3.05) is 26.2 Å². The molecule has 0 radical (unpaired) electrons. The second-order valence-corrected chi connectivity index (χ2v) is 9.83. The number of hydrogen-bond donors (Lipinski definition) is 1. The average molecular weight is 518 g/mol. The molecule has 10 nitrogen and oxygen atoms in total. The van der Waals surface area contributed by atoms with Crippen LogP contribution in [0, 0.1) is 11.3 Å². The zero-order chi connectivity index (χ0) is 26.3. The zero-order valence-corrected chi connectivity index (χ0v) is 20.5. The lowest BCUT2D eigenvalue weighted by molar-refractivity contribution is -0.0159. The van der Waals surface area contributed by atoms with E-state index >= 15 is 0 Å². The van der Waals surface area contributed by atoms with Crippen LogP contribution in [0.4, 0.5) is 8.78 Å². The van der Waals surface area contributed by atoms with Crippen molar-refractivity contribution >= 4 is 16.9 Å². The van der Waals surface area contributed by atoms with Crippen LogP contribution in [-0.2, 0) is 5.54 Å². The summed E-state index contributed by atoms with van der Waals surface area (Å²) in [5.41, 5.74) is 1.68. The molecule has 38 heavy (non-hydrogen) atoms. The Morgan fingerprint density at radius 2 is 2.00 bits per heavy atom. The maximum Gasteiger partial charge on any atom is 0.280 e. The number of alkyl halides is 2. The molecule has 1 amide bonds. The molecule has 4 aromatic rings. The van der Waals surface area contributed by atoms with Crippen molar-refractivity contribution in [1.29, 1.82) is 5.26 Å². The Hall–Kier alpha value is -4.24. The highest BCUT2D eigenvalue weighted by Gasteiger charge is 2.49. The summed E-state index contributed by atoms with van der Waals surface area (Å²) >= 11 is 0. The number of carbonyl (C=O) groups is 1. The van der Waals surface area contributed by atoms with Crippen molar-refractivity contribution in [2.24, 2.45) is 0 Å². The Kier molecular flexibility index (Phi) is 6.07. The lowest BCUT2D eigenvalue weighted by atomic mass is 9.70. The quantitative estimate of drug-likeness (QED) is 0.416. The second kappa shape index (κ2) is 9.57. The van der Waals surface area contributed by atoms with E-state index in [1.807, 2.05) is 23.1 Å². The lowest BCUT2D eigenvalue weighted by Crippen LogP contribution is -2.60. The van der Waals surface area contributed by atoms with Crippen molar-refractivity contribution in [3.05, 3.63) is 60.6 Å². The molecule has 0 unspecified atom stereocenters. The number of nitrogens with zero attached hydrogens (tertiary/aromatic N) is 8. The fourth-order valence-electron chi connectivity index (χ4n) is 5.59. The van der Waals surface area contributed by atoms with E-state index in [0.29, 0.717) is 32.6 Å². The molecule has 6 rings (SSSR count). The van der Waals surface area contributed by atoms with Gasteiger partial charge in [-0.25, -0.2) is 23.7 Å². The molecule has 1 aliphatic heterocycles. The minimum Gasteiger partial charge on any atom is -0.346 e. The van der Waals surface area contributed by atoms with Gasteiger partial charge in [-0.2, -0.15) is 10.4 Å². The normalized spacial score (nSPS) is 21.9. The van der Waals surface area contributed by atoms with E-state index in [-0.39, 0.29) is 17.6 Å². The smallest absolute Gasteiger partial charge is 0.280 e. The summed E-state index contributed by atoms with van der Waals surface area (Å²) in [6.45, 7) is 2.33. The number of carbonyl (C=O) groups excluding carboxylic acids is 1. The Bertz CT molecular complexity index is 1510. The van der Waals surface area contributed by atoms with Crippen molar-refractivity contribution in [3.8, 4) is 17.3 Å². The summed E-state index contributed by atoms with van der Waals surface area (Å²) in [7, 11) is 0. The van der Waals surface area contributed by atoms with E-state index in [2.05, 4.69) is 36.0 Å². The van der Waals surface area contributed by atoms with Crippen LogP contribution in [0.25, 0.3) is 22.3 Å². The van der Waals surface area contributed by atoms with E-state index in [4.69, 9.17) is 0 Å². The Labute approximate surface area is 216 Å². The number of amides is 1. The third-order valence-corrected chi connectivity index (χ3v) is 7.67. The largest absolute Gasteiger partial charge is 0.346 e. The van der Waals surface area contributed by atoms with Gasteiger partial charge in [-0.05, 0) is 31.0 Å². The molecular formula is C26H25F2N9O. The number of aromatic nitrogens is 6. The van der Waals surface area contributed by atoms with E-state index in [0.717, 1.165) is 35.1 Å². The van der Waals surface area contributed by atoms with Crippen LogP contribution < -0.4 is 0 Å². The molecule has 0 bridgehead atoms. The van der Waals surface area contributed by atoms with Gasteiger partial charge < -0.3 is 9.88 Å². The summed E-state index contributed by atoms with van der Waals surface area (Å²) in [5, 5.41) is 15.1. The van der Waals surface area contributed by atoms with Crippen molar-refractivity contribution in [2.45, 2.75) is 37.3 Å². The van der Waals surface area contributed by atoms with Crippen LogP contribution in [0.1, 0.15) is 41.9 Å². The third-order valence-electron chi connectivity index (χ3n) is 7.67. The predicted molar refractivity (Wildman–Crippen MR) is 133 cm³/mol. The van der Waals surface area contributed by atoms with E-state index in [1.165, 1.54) is 24.5 Å². The number of piperazine rings is 1. The molecular weight excluding hydrogens is 492 g/mol. The van der Waals surface area contributed by atoms with Gasteiger partial charge in [0.2, 0.25) is 0 Å². The molecule has 2 fully saturated rings. The number of hydrogen-bond acceptors (Lipinski definition) is 7. The van der Waals surface area contributed by atoms with Crippen molar-refractivity contribution < 1.29 is 13.6 Å². The highest BCUT2D eigenvalue weighted by atomic mass is 19.3. The van der Waals surface area contributed by atoms with Gasteiger partial charge in [-0.1, -0.05) is 6.07 Å². The molecule has 4 aromatic heterocycles. The summed E-state index contributed by atoms with van der Waals surface area (Å²) in [5.74, 6) is -0.329. The summed E-state index contributed by atoms with van der Waals surface area (Å²) in [4.78, 5) is 32.5. The van der Waals surface area contributed by atoms with Gasteiger partial charge in [0.1, 0.15) is 23.4 Å². The standard InChI is InChI=1S/C26H25F2N9O/c27-23(28)20-2-1-3-21(34-20)25(38)36-10-8-35(9-11-36)18-12-26(13-18,5-6-29)37-15-17(14-33-37)22-19-4-7-30-24(19)32-16-31-22/h1-4,7,14-16,18,23H,5,8-13H2,(H,30,31,32)/t18-,26-. The van der Waals surface area contributed by atoms with Gasteiger partial charge in [0.05, 0.1) is 29.9 Å². The SMILES string of the molecule is N#CC[C@]1(n2cc(-c3ncnc4[nH]ccc34)cn2)C[C@H](N2CCN(C(=O)c3cccc(C(F)F)n3)CC2)C1. The van der Waals surface area contributed by atoms with E-state index in [1.54, 1.807) is 11.1 Å². The predicted octanol–water partition coefficient (Wildman–Crippen LogP) is 3.38. The molecule has 0 atom stereocenters. The summed E-state index contributed by atoms with van der Waals surface area (Å²) in [6, 6.07) is 8.67. The fourth-order valence-corrected chi connectivity index (χ4v) is 5.59. The number of H-pyrrole nitrogens is 1. The molecule has 1 saturated heterocycles. The summed E-state index contributed by atoms with van der Waals surface area (Å²) in [6.07, 6.45) is 6.26. The number of aromatic amines is 1. The Balaban J connectivity index is 1.11. The average Bonchev–Trinajstić information content (AvgIpc) is 3.61. The molecule has 1 aliphatic carbocycles. The topological polar surface area (TPSA) is 120 Å². The fraction of sp³-hybridized carbons (Fsp3) is 0.385. The van der Waals surface area contributed by atoms with Crippen LogP contribution in [0.15, 0.2) is 49.2 Å². The van der Waals surface area contributed by atoms with Crippen LogP contribution >= 0.6 is 0 Å². The van der Waals surface area contributed by atoms with Gasteiger partial charge >= 0.3 is 0 Å². The first kappa shape index (κ1) is 24.1. The van der Waals surface area contributed by atoms with Crippen LogP contribution in [0.2, 0.25) is 0 Å². The highest BCUT2D eigenvalue weighted by Crippen LogP contribution is 2.45. The minimum absolute atomic E-state index is 0.0445. The van der Waals surface area contributed by atoms with Crippen LogP contribution in [0.5, 0.6) is 0 Å². The van der Waals surface area contributed by atoms with Gasteiger partial charge in [0.15, 0.2) is 0 Å². The molecule has 1 N–H and O–H groups in total. The van der Waals surface area contributed by atoms with Crippen LogP contribution in [0.3, 0.4) is 0 Å². The number of fused-ring (bicyclic) bond motifs is 1. The van der Waals surface area contributed by atoms with Crippen molar-refractivity contribution in [1.82, 2.24) is 39.5 Å². The first-order valence-corrected chi connectivity index (χ1v) is 12.5. The molecule has 0 aromatic carbocycles. The van der Waals surface area contributed by atoms with E-state index < -0.39 is 17.7 Å². The number of pyridine rings is 1. The van der Waals surface area contributed by atoms with Gasteiger partial charge in [-0.15, -0.1) is 0 Å².